The molecule has 0 atom stereocenters. The minimum Gasteiger partial charge on any atom is -0.333 e. The van der Waals surface area contributed by atoms with Gasteiger partial charge in [-0.15, -0.1) is 0 Å². The van der Waals surface area contributed by atoms with Gasteiger partial charge in [-0.2, -0.15) is 0 Å². The lowest BCUT2D eigenvalue weighted by atomic mass is 10.1. The third kappa shape index (κ3) is 2.44. The van der Waals surface area contributed by atoms with Crippen LogP contribution in [0.1, 0.15) is 15.9 Å². The van der Waals surface area contributed by atoms with Gasteiger partial charge in [-0.3, -0.25) is 4.79 Å². The van der Waals surface area contributed by atoms with Crippen LogP contribution in [0.5, 0.6) is 0 Å². The molecule has 3 nitrogen and oxygen atoms in total. The minimum atomic E-state index is -0.427. The van der Waals surface area contributed by atoms with Crippen molar-refractivity contribution in [3.05, 3.63) is 54.1 Å². The number of rotatable bonds is 3. The van der Waals surface area contributed by atoms with Gasteiger partial charge in [0, 0.05) is 24.5 Å². The maximum atomic E-state index is 10.8. The maximum absolute atomic E-state index is 10.8. The monoisotopic (exact) mass is 220 g/mol. The first kappa shape index (κ1) is 9.93. The van der Waals surface area contributed by atoms with Gasteiger partial charge in [-0.1, -0.05) is 12.1 Å². The summed E-state index contributed by atoms with van der Waals surface area (Å²) in [6, 6.07) is 7.22. The Bertz CT molecular complexity index is 448. The van der Waals surface area contributed by atoms with Crippen molar-refractivity contribution in [1.82, 2.24) is 9.55 Å². The second-order valence-electron chi connectivity index (χ2n) is 3.21. The summed E-state index contributed by atoms with van der Waals surface area (Å²) < 4.78 is 1.96. The molecule has 4 heteroatoms. The van der Waals surface area contributed by atoms with Crippen LogP contribution in [0.3, 0.4) is 0 Å². The molecule has 0 spiro atoms. The molecule has 2 aromatic rings. The summed E-state index contributed by atoms with van der Waals surface area (Å²) in [6.45, 7) is 0.747. The summed E-state index contributed by atoms with van der Waals surface area (Å²) in [7, 11) is 0. The number of carbonyl (C=O) groups excluding carboxylic acids is 1. The zero-order chi connectivity index (χ0) is 10.7. The first-order chi connectivity index (χ1) is 7.25. The Morgan fingerprint density at radius 1 is 1.33 bits per heavy atom. The number of imidazole rings is 1. The first-order valence-corrected chi connectivity index (χ1v) is 4.88. The molecule has 0 aliphatic carbocycles. The van der Waals surface area contributed by atoms with Crippen molar-refractivity contribution in [2.75, 3.05) is 0 Å². The summed E-state index contributed by atoms with van der Waals surface area (Å²) in [4.78, 5) is 14.8. The average Bonchev–Trinajstić information content (AvgIpc) is 2.71. The number of nitrogens with zero attached hydrogens (tertiary/aromatic N) is 2. The van der Waals surface area contributed by atoms with Crippen LogP contribution in [-0.2, 0) is 6.54 Å². The van der Waals surface area contributed by atoms with E-state index in [1.165, 1.54) is 0 Å². The van der Waals surface area contributed by atoms with Gasteiger partial charge in [0.2, 0.25) is 0 Å². The fourth-order valence-electron chi connectivity index (χ4n) is 1.33. The lowest BCUT2D eigenvalue weighted by Gasteiger charge is -2.02. The van der Waals surface area contributed by atoms with Gasteiger partial charge in [0.1, 0.15) is 0 Å². The Morgan fingerprint density at radius 2 is 2.07 bits per heavy atom. The van der Waals surface area contributed by atoms with Gasteiger partial charge in [-0.05, 0) is 29.3 Å². The van der Waals surface area contributed by atoms with Crippen molar-refractivity contribution in [2.45, 2.75) is 6.54 Å². The van der Waals surface area contributed by atoms with Crippen LogP contribution in [0.25, 0.3) is 0 Å². The Hall–Kier alpha value is -1.61. The van der Waals surface area contributed by atoms with E-state index in [0.29, 0.717) is 5.56 Å². The van der Waals surface area contributed by atoms with Crippen LogP contribution >= 0.6 is 11.6 Å². The zero-order valence-corrected chi connectivity index (χ0v) is 8.69. The van der Waals surface area contributed by atoms with Crippen LogP contribution in [0.4, 0.5) is 0 Å². The number of hydrogen-bond acceptors (Lipinski definition) is 2. The van der Waals surface area contributed by atoms with Crippen LogP contribution in [0, 0.1) is 0 Å². The number of hydrogen-bond donors (Lipinski definition) is 0. The third-order valence-corrected chi connectivity index (χ3v) is 2.32. The van der Waals surface area contributed by atoms with Crippen molar-refractivity contribution in [2.24, 2.45) is 0 Å². The van der Waals surface area contributed by atoms with E-state index in [9.17, 15) is 4.79 Å². The van der Waals surface area contributed by atoms with Crippen molar-refractivity contribution in [3.63, 3.8) is 0 Å². The van der Waals surface area contributed by atoms with Crippen molar-refractivity contribution in [3.8, 4) is 0 Å². The summed E-state index contributed by atoms with van der Waals surface area (Å²) in [6.07, 6.45) is 5.37. The number of carbonyl (C=O) groups is 1. The zero-order valence-electron chi connectivity index (χ0n) is 7.93. The topological polar surface area (TPSA) is 34.9 Å². The highest BCUT2D eigenvalue weighted by Crippen LogP contribution is 2.08. The highest BCUT2D eigenvalue weighted by Gasteiger charge is 2.00. The predicted molar refractivity (Wildman–Crippen MR) is 58.0 cm³/mol. The predicted octanol–water partition coefficient (Wildman–Crippen LogP) is 2.31. The van der Waals surface area contributed by atoms with Crippen LogP contribution < -0.4 is 0 Å². The molecule has 1 aromatic heterocycles. The SMILES string of the molecule is O=C(Cl)c1ccc(Cn2ccnc2)cc1. The lowest BCUT2D eigenvalue weighted by Crippen LogP contribution is -1.97. The summed E-state index contributed by atoms with van der Waals surface area (Å²) in [5.41, 5.74) is 1.63. The normalized spacial score (nSPS) is 10.2. The summed E-state index contributed by atoms with van der Waals surface area (Å²) in [5.74, 6) is 0. The standard InChI is InChI=1S/C11H9ClN2O/c12-11(15)10-3-1-9(2-4-10)7-14-6-5-13-8-14/h1-6,8H,7H2. The van der Waals surface area contributed by atoms with Crippen LogP contribution in [0.15, 0.2) is 43.0 Å². The third-order valence-electron chi connectivity index (χ3n) is 2.11. The molecular formula is C11H9ClN2O. The molecule has 0 radical (unpaired) electrons. The van der Waals surface area contributed by atoms with Crippen LogP contribution in [-0.4, -0.2) is 14.8 Å². The summed E-state index contributed by atoms with van der Waals surface area (Å²) in [5, 5.41) is -0.427. The molecule has 0 unspecified atom stereocenters. The summed E-state index contributed by atoms with van der Waals surface area (Å²) >= 11 is 5.34. The van der Waals surface area contributed by atoms with E-state index in [2.05, 4.69) is 4.98 Å². The van der Waals surface area contributed by atoms with Gasteiger partial charge in [-0.25, -0.2) is 4.98 Å². The molecule has 0 aliphatic rings. The Morgan fingerprint density at radius 3 is 2.60 bits per heavy atom. The lowest BCUT2D eigenvalue weighted by molar-refractivity contribution is 0.108. The number of halogens is 1. The highest BCUT2D eigenvalue weighted by atomic mass is 35.5. The van der Waals surface area contributed by atoms with Crippen molar-refractivity contribution in [1.29, 1.82) is 0 Å². The minimum absolute atomic E-state index is 0.427. The highest BCUT2D eigenvalue weighted by molar-refractivity contribution is 6.67. The van der Waals surface area contributed by atoms with E-state index in [0.717, 1.165) is 12.1 Å². The molecule has 76 valence electrons. The first-order valence-electron chi connectivity index (χ1n) is 4.50. The van der Waals surface area contributed by atoms with E-state index < -0.39 is 5.24 Å². The van der Waals surface area contributed by atoms with Gasteiger partial charge >= 0.3 is 0 Å². The molecule has 0 fully saturated rings. The molecule has 0 aliphatic heterocycles. The molecule has 0 bridgehead atoms. The van der Waals surface area contributed by atoms with Gasteiger partial charge in [0.05, 0.1) is 6.33 Å². The second kappa shape index (κ2) is 4.28. The Labute approximate surface area is 92.3 Å². The smallest absolute Gasteiger partial charge is 0.252 e. The van der Waals surface area contributed by atoms with E-state index in [1.54, 1.807) is 24.7 Å². The molecular weight excluding hydrogens is 212 g/mol. The van der Waals surface area contributed by atoms with Gasteiger partial charge in [0.25, 0.3) is 5.24 Å². The molecule has 0 amide bonds. The fraction of sp³-hybridized carbons (Fsp3) is 0.0909. The Balaban J connectivity index is 2.14. The van der Waals surface area contributed by atoms with Crippen LogP contribution in [0.2, 0.25) is 0 Å². The molecule has 15 heavy (non-hydrogen) atoms. The number of benzene rings is 1. The van der Waals surface area contributed by atoms with Gasteiger partial charge in [0.15, 0.2) is 0 Å². The molecule has 1 aromatic carbocycles. The quantitative estimate of drug-likeness (QED) is 0.744. The largest absolute Gasteiger partial charge is 0.333 e. The van der Waals surface area contributed by atoms with E-state index in [4.69, 9.17) is 11.6 Å². The van der Waals surface area contributed by atoms with E-state index >= 15 is 0 Å². The molecule has 2 rings (SSSR count). The second-order valence-corrected chi connectivity index (χ2v) is 3.55. The van der Waals surface area contributed by atoms with Gasteiger partial charge < -0.3 is 4.57 Å². The number of aromatic nitrogens is 2. The molecule has 0 saturated carbocycles. The van der Waals surface area contributed by atoms with Crippen molar-refractivity contribution < 1.29 is 4.79 Å². The average molecular weight is 221 g/mol. The van der Waals surface area contributed by atoms with Crippen molar-refractivity contribution >= 4 is 16.8 Å². The van der Waals surface area contributed by atoms with E-state index in [1.807, 2.05) is 22.9 Å². The Kier molecular flexibility index (Phi) is 2.83. The maximum Gasteiger partial charge on any atom is 0.252 e. The fourth-order valence-corrected chi connectivity index (χ4v) is 1.46. The molecule has 0 N–H and O–H groups in total. The molecule has 0 saturated heterocycles. The molecule has 1 heterocycles. The van der Waals surface area contributed by atoms with E-state index in [-0.39, 0.29) is 0 Å².